The van der Waals surface area contributed by atoms with Gasteiger partial charge in [0.1, 0.15) is 5.01 Å². The Balaban J connectivity index is 1.52. The van der Waals surface area contributed by atoms with Gasteiger partial charge >= 0.3 is 0 Å². The van der Waals surface area contributed by atoms with Crippen LogP contribution in [0.4, 0.5) is 5.13 Å². The summed E-state index contributed by atoms with van der Waals surface area (Å²) in [6, 6.07) is 0. The molecule has 1 aromatic heterocycles. The zero-order valence-corrected chi connectivity index (χ0v) is 15.8. The average molecular weight is 366 g/mol. The van der Waals surface area contributed by atoms with Gasteiger partial charge in [-0.15, -0.1) is 10.2 Å². The van der Waals surface area contributed by atoms with Gasteiger partial charge in [-0.05, 0) is 31.6 Å². The minimum absolute atomic E-state index is 0.0324. The van der Waals surface area contributed by atoms with Gasteiger partial charge in [-0.1, -0.05) is 18.3 Å². The number of aromatic nitrogens is 2. The smallest absolute Gasteiger partial charge is 0.229 e. The lowest BCUT2D eigenvalue weighted by atomic mass is 9.96. The van der Waals surface area contributed by atoms with E-state index >= 15 is 0 Å². The van der Waals surface area contributed by atoms with Gasteiger partial charge in [0, 0.05) is 39.8 Å². The molecule has 3 heterocycles. The highest BCUT2D eigenvalue weighted by molar-refractivity contribution is 7.15. The zero-order valence-electron chi connectivity index (χ0n) is 14.9. The first-order valence-corrected chi connectivity index (χ1v) is 9.85. The van der Waals surface area contributed by atoms with E-state index in [1.807, 2.05) is 14.0 Å². The van der Waals surface area contributed by atoms with Gasteiger partial charge in [0.25, 0.3) is 0 Å². The lowest BCUT2D eigenvalue weighted by molar-refractivity contribution is -0.134. The van der Waals surface area contributed by atoms with Crippen molar-refractivity contribution in [3.63, 3.8) is 0 Å². The summed E-state index contributed by atoms with van der Waals surface area (Å²) in [6.45, 7) is 4.83. The van der Waals surface area contributed by atoms with Crippen LogP contribution in [0.1, 0.15) is 37.6 Å². The molecule has 0 bridgehead atoms. The summed E-state index contributed by atoms with van der Waals surface area (Å²) in [4.78, 5) is 28.4. The molecule has 1 unspecified atom stereocenters. The van der Waals surface area contributed by atoms with Crippen LogP contribution < -0.4 is 4.90 Å². The molecule has 2 aliphatic heterocycles. The number of anilines is 1. The molecule has 2 amide bonds. The number of aryl methyl sites for hydroxylation is 1. The molecule has 2 aliphatic rings. The minimum Gasteiger partial charge on any atom is -0.381 e. The van der Waals surface area contributed by atoms with Gasteiger partial charge < -0.3 is 9.64 Å². The van der Waals surface area contributed by atoms with Crippen molar-refractivity contribution in [2.75, 3.05) is 38.3 Å². The Morgan fingerprint density at radius 2 is 2.12 bits per heavy atom. The average Bonchev–Trinajstić information content (AvgIpc) is 3.26. The second kappa shape index (κ2) is 8.23. The highest BCUT2D eigenvalue weighted by Crippen LogP contribution is 2.29. The van der Waals surface area contributed by atoms with Crippen molar-refractivity contribution in [1.82, 2.24) is 15.1 Å². The van der Waals surface area contributed by atoms with Crippen LogP contribution in [0.3, 0.4) is 0 Å². The molecule has 2 fully saturated rings. The van der Waals surface area contributed by atoms with Crippen molar-refractivity contribution in [2.45, 2.75) is 39.0 Å². The van der Waals surface area contributed by atoms with Gasteiger partial charge in [-0.2, -0.15) is 0 Å². The van der Waals surface area contributed by atoms with Crippen LogP contribution >= 0.6 is 11.3 Å². The van der Waals surface area contributed by atoms with Gasteiger partial charge in [0.15, 0.2) is 0 Å². The Morgan fingerprint density at radius 3 is 2.80 bits per heavy atom. The molecule has 2 saturated heterocycles. The van der Waals surface area contributed by atoms with Crippen LogP contribution in [-0.2, 0) is 20.7 Å². The largest absolute Gasteiger partial charge is 0.381 e. The van der Waals surface area contributed by atoms with Gasteiger partial charge in [0.05, 0.1) is 5.92 Å². The molecule has 1 atom stereocenters. The molecule has 0 aromatic carbocycles. The Hall–Kier alpha value is -1.54. The predicted octanol–water partition coefficient (Wildman–Crippen LogP) is 1.73. The Kier molecular flexibility index (Phi) is 6.01. The van der Waals surface area contributed by atoms with E-state index in [9.17, 15) is 9.59 Å². The van der Waals surface area contributed by atoms with E-state index in [0.29, 0.717) is 17.6 Å². The summed E-state index contributed by atoms with van der Waals surface area (Å²) in [7, 11) is 1.84. The van der Waals surface area contributed by atoms with Gasteiger partial charge in [-0.25, -0.2) is 0 Å². The molecular weight excluding hydrogens is 340 g/mol. The van der Waals surface area contributed by atoms with Crippen LogP contribution in [-0.4, -0.2) is 60.3 Å². The maximum Gasteiger partial charge on any atom is 0.229 e. The van der Waals surface area contributed by atoms with Gasteiger partial charge in [-0.3, -0.25) is 14.5 Å². The number of carbonyl (C=O) groups is 2. The van der Waals surface area contributed by atoms with E-state index < -0.39 is 0 Å². The summed E-state index contributed by atoms with van der Waals surface area (Å²) in [5.41, 5.74) is 0. The maximum atomic E-state index is 12.7. The quantitative estimate of drug-likeness (QED) is 0.766. The lowest BCUT2D eigenvalue weighted by Crippen LogP contribution is -2.36. The van der Waals surface area contributed by atoms with E-state index in [-0.39, 0.29) is 24.2 Å². The minimum atomic E-state index is -0.277. The molecule has 0 spiro atoms. The molecule has 25 heavy (non-hydrogen) atoms. The highest BCUT2D eigenvalue weighted by atomic mass is 32.1. The van der Waals surface area contributed by atoms with Crippen LogP contribution in [0.15, 0.2) is 0 Å². The number of rotatable bonds is 6. The number of hydrogen-bond acceptors (Lipinski definition) is 6. The molecule has 138 valence electrons. The van der Waals surface area contributed by atoms with Gasteiger partial charge in [0.2, 0.25) is 16.9 Å². The van der Waals surface area contributed by atoms with Crippen molar-refractivity contribution in [1.29, 1.82) is 0 Å². The number of carbonyl (C=O) groups excluding carboxylic acids is 2. The molecule has 0 radical (unpaired) electrons. The summed E-state index contributed by atoms with van der Waals surface area (Å²) in [5.74, 6) is 0.388. The van der Waals surface area contributed by atoms with Crippen molar-refractivity contribution >= 4 is 28.3 Å². The van der Waals surface area contributed by atoms with Crippen molar-refractivity contribution in [2.24, 2.45) is 11.8 Å². The first-order chi connectivity index (χ1) is 12.1. The standard InChI is InChI=1S/C17H26N4O3S/c1-3-14-18-19-17(25-14)21-11-13(10-15(21)22)16(23)20(2)7-4-12-5-8-24-9-6-12/h12-13H,3-11H2,1-2H3. The molecule has 7 nitrogen and oxygen atoms in total. The molecule has 3 rings (SSSR count). The highest BCUT2D eigenvalue weighted by Gasteiger charge is 2.38. The van der Waals surface area contributed by atoms with Crippen molar-refractivity contribution in [3.05, 3.63) is 5.01 Å². The number of nitrogens with zero attached hydrogens (tertiary/aromatic N) is 4. The zero-order chi connectivity index (χ0) is 17.8. The first kappa shape index (κ1) is 18.3. The van der Waals surface area contributed by atoms with Crippen LogP contribution in [0.2, 0.25) is 0 Å². The fourth-order valence-electron chi connectivity index (χ4n) is 3.39. The molecule has 8 heteroatoms. The number of ether oxygens (including phenoxy) is 1. The van der Waals surface area contributed by atoms with E-state index in [1.54, 1.807) is 9.80 Å². The van der Waals surface area contributed by atoms with Crippen molar-refractivity contribution < 1.29 is 14.3 Å². The monoisotopic (exact) mass is 366 g/mol. The fraction of sp³-hybridized carbons (Fsp3) is 0.765. The topological polar surface area (TPSA) is 75.6 Å². The normalized spacial score (nSPS) is 21.8. The van der Waals surface area contributed by atoms with E-state index in [2.05, 4.69) is 10.2 Å². The third-order valence-corrected chi connectivity index (χ3v) is 6.14. The predicted molar refractivity (Wildman–Crippen MR) is 95.5 cm³/mol. The molecule has 1 aromatic rings. The summed E-state index contributed by atoms with van der Waals surface area (Å²) in [5, 5.41) is 9.68. The second-order valence-corrected chi connectivity index (χ2v) is 7.88. The molecular formula is C17H26N4O3S. The van der Waals surface area contributed by atoms with Crippen molar-refractivity contribution in [3.8, 4) is 0 Å². The van der Waals surface area contributed by atoms with E-state index in [4.69, 9.17) is 4.74 Å². The SMILES string of the molecule is CCc1nnc(N2CC(C(=O)N(C)CCC3CCOCC3)CC2=O)s1. The lowest BCUT2D eigenvalue weighted by Gasteiger charge is -2.26. The molecule has 0 N–H and O–H groups in total. The van der Waals surface area contributed by atoms with E-state index in [0.717, 1.165) is 50.4 Å². The first-order valence-electron chi connectivity index (χ1n) is 9.04. The Morgan fingerprint density at radius 1 is 1.36 bits per heavy atom. The number of hydrogen-bond donors (Lipinski definition) is 0. The van der Waals surface area contributed by atoms with E-state index in [1.165, 1.54) is 11.3 Å². The second-order valence-electron chi connectivity index (χ2n) is 6.84. The summed E-state index contributed by atoms with van der Waals surface area (Å²) >= 11 is 1.43. The fourth-order valence-corrected chi connectivity index (χ4v) is 4.19. The summed E-state index contributed by atoms with van der Waals surface area (Å²) in [6.07, 6.45) is 4.23. The molecule has 0 saturated carbocycles. The number of amides is 2. The Bertz CT molecular complexity index is 615. The summed E-state index contributed by atoms with van der Waals surface area (Å²) < 4.78 is 5.38. The van der Waals surface area contributed by atoms with Crippen LogP contribution in [0.25, 0.3) is 0 Å². The maximum absolute atomic E-state index is 12.7. The van der Waals surface area contributed by atoms with Crippen LogP contribution in [0.5, 0.6) is 0 Å². The molecule has 0 aliphatic carbocycles. The third-order valence-electron chi connectivity index (χ3n) is 5.05. The van der Waals surface area contributed by atoms with Crippen LogP contribution in [0, 0.1) is 11.8 Å². The Labute approximate surface area is 152 Å². The third kappa shape index (κ3) is 4.36.